The number of aldehydes is 1. The van der Waals surface area contributed by atoms with E-state index >= 15 is 0 Å². The highest BCUT2D eigenvalue weighted by molar-refractivity contribution is 5.60. The van der Waals surface area contributed by atoms with Gasteiger partial charge in [-0.05, 0) is 25.2 Å². The molecule has 1 heterocycles. The van der Waals surface area contributed by atoms with Crippen molar-refractivity contribution in [3.63, 3.8) is 0 Å². The predicted molar refractivity (Wildman–Crippen MR) is 45.9 cm³/mol. The third kappa shape index (κ3) is 1.18. The van der Waals surface area contributed by atoms with E-state index in [0.29, 0.717) is 5.92 Å². The Kier molecular flexibility index (Phi) is 2.18. The van der Waals surface area contributed by atoms with Crippen molar-refractivity contribution in [3.8, 4) is 0 Å². The summed E-state index contributed by atoms with van der Waals surface area (Å²) in [4.78, 5) is 11.1. The van der Waals surface area contributed by atoms with E-state index in [1.54, 1.807) is 0 Å². The first-order valence-electron chi connectivity index (χ1n) is 4.91. The summed E-state index contributed by atoms with van der Waals surface area (Å²) in [5.41, 5.74) is 0.0104. The Balaban J connectivity index is 2.09. The summed E-state index contributed by atoms with van der Waals surface area (Å²) in [5.74, 6) is 0.525. The summed E-state index contributed by atoms with van der Waals surface area (Å²) in [6.45, 7) is 1.68. The highest BCUT2D eigenvalue weighted by atomic mass is 16.5. The van der Waals surface area contributed by atoms with Crippen LogP contribution in [0.3, 0.4) is 0 Å². The second-order valence-corrected chi connectivity index (χ2v) is 4.12. The van der Waals surface area contributed by atoms with Gasteiger partial charge in [-0.3, -0.25) is 0 Å². The van der Waals surface area contributed by atoms with Crippen LogP contribution in [0.1, 0.15) is 32.1 Å². The minimum atomic E-state index is 0.0104. The normalized spacial score (nSPS) is 33.8. The largest absolute Gasteiger partial charge is 0.381 e. The van der Waals surface area contributed by atoms with E-state index in [2.05, 4.69) is 0 Å². The lowest BCUT2D eigenvalue weighted by atomic mass is 9.75. The average molecular weight is 168 g/mol. The van der Waals surface area contributed by atoms with E-state index in [1.807, 2.05) is 0 Å². The van der Waals surface area contributed by atoms with Gasteiger partial charge < -0.3 is 9.53 Å². The average Bonchev–Trinajstić information content (AvgIpc) is 2.76. The van der Waals surface area contributed by atoms with Gasteiger partial charge in [-0.15, -0.1) is 0 Å². The summed E-state index contributed by atoms with van der Waals surface area (Å²) in [5, 5.41) is 0. The molecular formula is C10H16O2. The van der Waals surface area contributed by atoms with Crippen LogP contribution in [0.5, 0.6) is 0 Å². The molecule has 0 radical (unpaired) electrons. The molecule has 0 N–H and O–H groups in total. The molecule has 1 atom stereocenters. The van der Waals surface area contributed by atoms with Gasteiger partial charge in [0, 0.05) is 12.0 Å². The number of hydrogen-bond donors (Lipinski definition) is 0. The Morgan fingerprint density at radius 2 is 2.08 bits per heavy atom. The van der Waals surface area contributed by atoms with E-state index < -0.39 is 0 Å². The Bertz CT molecular complexity index is 165. The molecule has 68 valence electrons. The van der Waals surface area contributed by atoms with E-state index in [-0.39, 0.29) is 5.41 Å². The minimum Gasteiger partial charge on any atom is -0.381 e. The lowest BCUT2D eigenvalue weighted by Crippen LogP contribution is -2.29. The Hall–Kier alpha value is -0.370. The molecular weight excluding hydrogens is 152 g/mol. The van der Waals surface area contributed by atoms with Gasteiger partial charge in [-0.1, -0.05) is 12.8 Å². The maximum atomic E-state index is 11.1. The first-order valence-corrected chi connectivity index (χ1v) is 4.91. The molecule has 1 aliphatic carbocycles. The Morgan fingerprint density at radius 1 is 1.33 bits per heavy atom. The van der Waals surface area contributed by atoms with Gasteiger partial charge in [0.2, 0.25) is 0 Å². The van der Waals surface area contributed by atoms with Crippen LogP contribution >= 0.6 is 0 Å². The molecule has 2 fully saturated rings. The summed E-state index contributed by atoms with van der Waals surface area (Å²) in [6.07, 6.45) is 6.97. The molecule has 0 aromatic carbocycles. The molecule has 0 aromatic rings. The number of carbonyl (C=O) groups excluding carboxylic acids is 1. The van der Waals surface area contributed by atoms with Crippen LogP contribution in [0.25, 0.3) is 0 Å². The first kappa shape index (κ1) is 8.24. The van der Waals surface area contributed by atoms with Crippen molar-refractivity contribution in [1.29, 1.82) is 0 Å². The third-order valence-electron chi connectivity index (χ3n) is 3.51. The van der Waals surface area contributed by atoms with E-state index in [9.17, 15) is 4.79 Å². The number of hydrogen-bond acceptors (Lipinski definition) is 2. The zero-order valence-electron chi connectivity index (χ0n) is 7.42. The fourth-order valence-electron chi connectivity index (χ4n) is 2.64. The Labute approximate surface area is 73.3 Å². The van der Waals surface area contributed by atoms with E-state index in [4.69, 9.17) is 4.74 Å². The number of ether oxygens (including phenoxy) is 1. The van der Waals surface area contributed by atoms with Crippen molar-refractivity contribution >= 4 is 6.29 Å². The Morgan fingerprint density at radius 3 is 2.58 bits per heavy atom. The SMILES string of the molecule is O=CC1(C2CCOC2)CCCC1. The molecule has 12 heavy (non-hydrogen) atoms. The summed E-state index contributed by atoms with van der Waals surface area (Å²) < 4.78 is 5.34. The maximum Gasteiger partial charge on any atom is 0.126 e. The maximum absolute atomic E-state index is 11.1. The van der Waals surface area contributed by atoms with Crippen molar-refractivity contribution in [3.05, 3.63) is 0 Å². The predicted octanol–water partition coefficient (Wildman–Crippen LogP) is 1.78. The zero-order valence-corrected chi connectivity index (χ0v) is 7.42. The fraction of sp³-hybridized carbons (Fsp3) is 0.900. The monoisotopic (exact) mass is 168 g/mol. The number of carbonyl (C=O) groups is 1. The van der Waals surface area contributed by atoms with Crippen LogP contribution in [0.4, 0.5) is 0 Å². The topological polar surface area (TPSA) is 26.3 Å². The third-order valence-corrected chi connectivity index (χ3v) is 3.51. The van der Waals surface area contributed by atoms with Crippen LogP contribution < -0.4 is 0 Å². The molecule has 2 rings (SSSR count). The molecule has 1 unspecified atom stereocenters. The van der Waals surface area contributed by atoms with E-state index in [0.717, 1.165) is 32.5 Å². The molecule has 0 aromatic heterocycles. The van der Waals surface area contributed by atoms with Gasteiger partial charge in [0.25, 0.3) is 0 Å². The fourth-order valence-corrected chi connectivity index (χ4v) is 2.64. The van der Waals surface area contributed by atoms with Crippen molar-refractivity contribution in [2.75, 3.05) is 13.2 Å². The van der Waals surface area contributed by atoms with Gasteiger partial charge in [-0.2, -0.15) is 0 Å². The van der Waals surface area contributed by atoms with Gasteiger partial charge >= 0.3 is 0 Å². The lowest BCUT2D eigenvalue weighted by Gasteiger charge is -2.27. The molecule has 2 nitrogen and oxygen atoms in total. The molecule has 0 spiro atoms. The summed E-state index contributed by atoms with van der Waals surface area (Å²) in [7, 11) is 0. The number of rotatable bonds is 2. The lowest BCUT2D eigenvalue weighted by molar-refractivity contribution is -0.118. The molecule has 1 saturated heterocycles. The van der Waals surface area contributed by atoms with Gasteiger partial charge in [0.1, 0.15) is 6.29 Å². The minimum absolute atomic E-state index is 0.0104. The van der Waals surface area contributed by atoms with Crippen LogP contribution in [-0.4, -0.2) is 19.5 Å². The highest BCUT2D eigenvalue weighted by Gasteiger charge is 2.42. The molecule has 0 amide bonds. The van der Waals surface area contributed by atoms with Gasteiger partial charge in [0.05, 0.1) is 6.61 Å². The van der Waals surface area contributed by atoms with Gasteiger partial charge in [-0.25, -0.2) is 0 Å². The van der Waals surface area contributed by atoms with Crippen molar-refractivity contribution in [2.24, 2.45) is 11.3 Å². The molecule has 2 aliphatic rings. The smallest absolute Gasteiger partial charge is 0.126 e. The van der Waals surface area contributed by atoms with Crippen LogP contribution in [-0.2, 0) is 9.53 Å². The molecule has 0 bridgehead atoms. The first-order chi connectivity index (χ1) is 5.87. The van der Waals surface area contributed by atoms with Crippen LogP contribution in [0, 0.1) is 11.3 Å². The summed E-state index contributed by atoms with van der Waals surface area (Å²) in [6, 6.07) is 0. The van der Waals surface area contributed by atoms with Gasteiger partial charge in [0.15, 0.2) is 0 Å². The highest BCUT2D eigenvalue weighted by Crippen LogP contribution is 2.45. The molecule has 2 heteroatoms. The van der Waals surface area contributed by atoms with Crippen molar-refractivity contribution in [2.45, 2.75) is 32.1 Å². The molecule has 1 saturated carbocycles. The standard InChI is InChI=1S/C10H16O2/c11-8-10(4-1-2-5-10)9-3-6-12-7-9/h8-9H,1-7H2. The van der Waals surface area contributed by atoms with Crippen molar-refractivity contribution < 1.29 is 9.53 Å². The van der Waals surface area contributed by atoms with E-state index in [1.165, 1.54) is 19.1 Å². The van der Waals surface area contributed by atoms with Crippen LogP contribution in [0.2, 0.25) is 0 Å². The van der Waals surface area contributed by atoms with Crippen molar-refractivity contribution in [1.82, 2.24) is 0 Å². The zero-order chi connectivity index (χ0) is 8.44. The second-order valence-electron chi connectivity index (χ2n) is 4.12. The quantitative estimate of drug-likeness (QED) is 0.587. The van der Waals surface area contributed by atoms with Crippen LogP contribution in [0.15, 0.2) is 0 Å². The molecule has 1 aliphatic heterocycles. The second kappa shape index (κ2) is 3.17. The summed E-state index contributed by atoms with van der Waals surface area (Å²) >= 11 is 0.